The van der Waals surface area contributed by atoms with Crippen LogP contribution in [0.15, 0.2) is 121 Å². The van der Waals surface area contributed by atoms with Crippen molar-refractivity contribution in [3.05, 3.63) is 149 Å². The molecule has 4 aromatic rings. The maximum atomic E-state index is 12.6. The highest BCUT2D eigenvalue weighted by molar-refractivity contribution is 5.61. The Morgan fingerprint density at radius 3 is 1.50 bits per heavy atom. The summed E-state index contributed by atoms with van der Waals surface area (Å²) in [6.45, 7) is 8.91. The number of hydrogen-bond donors (Lipinski definition) is 2. The van der Waals surface area contributed by atoms with Gasteiger partial charge in [-0.15, -0.1) is 0 Å². The van der Waals surface area contributed by atoms with Gasteiger partial charge >= 0.3 is 0 Å². The first kappa shape index (κ1) is 25.5. The Morgan fingerprint density at radius 1 is 0.611 bits per heavy atom. The Hall–Kier alpha value is -3.62. The van der Waals surface area contributed by atoms with Crippen LogP contribution >= 0.6 is 0 Å². The summed E-state index contributed by atoms with van der Waals surface area (Å²) in [4.78, 5) is 0. The number of benzene rings is 4. The van der Waals surface area contributed by atoms with Crippen LogP contribution in [-0.2, 0) is 5.60 Å². The zero-order valence-electron chi connectivity index (χ0n) is 21.7. The average molecular weight is 476 g/mol. The molecular weight excluding hydrogens is 438 g/mol. The Morgan fingerprint density at radius 2 is 1.06 bits per heavy atom. The van der Waals surface area contributed by atoms with Crippen LogP contribution < -0.4 is 5.32 Å². The van der Waals surface area contributed by atoms with E-state index in [2.05, 4.69) is 69.4 Å². The van der Waals surface area contributed by atoms with Crippen LogP contribution in [-0.4, -0.2) is 5.11 Å². The molecule has 0 radical (unpaired) electrons. The second-order valence-corrected chi connectivity index (χ2v) is 10.0. The maximum absolute atomic E-state index is 12.6. The summed E-state index contributed by atoms with van der Waals surface area (Å²) in [7, 11) is 0. The SMILES string of the molecule is CC(C)c1cccc(C(C)C)c1N/C=C\[C@H](c1ccccc1)C(O)(c1ccccc1)c1ccccc1. The van der Waals surface area contributed by atoms with Gasteiger partial charge in [0.15, 0.2) is 0 Å². The molecule has 0 saturated carbocycles. The van der Waals surface area contributed by atoms with Gasteiger partial charge < -0.3 is 10.4 Å². The van der Waals surface area contributed by atoms with Crippen molar-refractivity contribution < 1.29 is 5.11 Å². The van der Waals surface area contributed by atoms with E-state index >= 15 is 0 Å². The molecule has 184 valence electrons. The fraction of sp³-hybridized carbons (Fsp3) is 0.235. The third-order valence-electron chi connectivity index (χ3n) is 6.93. The summed E-state index contributed by atoms with van der Waals surface area (Å²) >= 11 is 0. The van der Waals surface area contributed by atoms with E-state index < -0.39 is 5.60 Å². The lowest BCUT2D eigenvalue weighted by atomic mass is 9.73. The fourth-order valence-corrected chi connectivity index (χ4v) is 5.01. The largest absolute Gasteiger partial charge is 0.379 e. The van der Waals surface area contributed by atoms with Gasteiger partial charge in [0, 0.05) is 11.6 Å². The zero-order chi connectivity index (χ0) is 25.5. The van der Waals surface area contributed by atoms with Crippen LogP contribution in [0, 0.1) is 0 Å². The number of rotatable bonds is 9. The highest BCUT2D eigenvalue weighted by Gasteiger charge is 2.39. The van der Waals surface area contributed by atoms with Gasteiger partial charge in [-0.25, -0.2) is 0 Å². The maximum Gasteiger partial charge on any atom is 0.125 e. The molecule has 0 amide bonds. The fourth-order valence-electron chi connectivity index (χ4n) is 5.01. The van der Waals surface area contributed by atoms with E-state index in [1.54, 1.807) is 0 Å². The first-order valence-electron chi connectivity index (χ1n) is 12.9. The quantitative estimate of drug-likeness (QED) is 0.254. The molecule has 0 aliphatic rings. The number of hydrogen-bond acceptors (Lipinski definition) is 2. The highest BCUT2D eigenvalue weighted by Crippen LogP contribution is 2.43. The van der Waals surface area contributed by atoms with Gasteiger partial charge in [0.2, 0.25) is 0 Å². The number of nitrogens with one attached hydrogen (secondary N) is 1. The second kappa shape index (κ2) is 11.4. The van der Waals surface area contributed by atoms with Crippen molar-refractivity contribution in [3.8, 4) is 0 Å². The van der Waals surface area contributed by atoms with Crippen LogP contribution in [0.4, 0.5) is 5.69 Å². The van der Waals surface area contributed by atoms with Crippen LogP contribution in [0.1, 0.15) is 73.3 Å². The van der Waals surface area contributed by atoms with Gasteiger partial charge in [-0.3, -0.25) is 0 Å². The molecule has 0 aliphatic carbocycles. The Balaban J connectivity index is 1.83. The molecule has 1 atom stereocenters. The van der Waals surface area contributed by atoms with Gasteiger partial charge in [0.1, 0.15) is 5.60 Å². The molecule has 0 bridgehead atoms. The van der Waals surface area contributed by atoms with E-state index in [0.717, 1.165) is 22.4 Å². The molecule has 0 heterocycles. The minimum absolute atomic E-state index is 0.315. The van der Waals surface area contributed by atoms with Crippen molar-refractivity contribution in [2.75, 3.05) is 5.32 Å². The van der Waals surface area contributed by atoms with Crippen molar-refractivity contribution in [1.82, 2.24) is 0 Å². The summed E-state index contributed by atoms with van der Waals surface area (Å²) in [5.74, 6) is 0.481. The molecule has 4 rings (SSSR count). The second-order valence-electron chi connectivity index (χ2n) is 10.0. The monoisotopic (exact) mass is 475 g/mol. The summed E-state index contributed by atoms with van der Waals surface area (Å²) in [5.41, 5.74) is 5.27. The van der Waals surface area contributed by atoms with Gasteiger partial charge in [0.25, 0.3) is 0 Å². The molecule has 2 nitrogen and oxygen atoms in total. The molecule has 36 heavy (non-hydrogen) atoms. The number of anilines is 1. The molecule has 0 aromatic heterocycles. The summed E-state index contributed by atoms with van der Waals surface area (Å²) in [5, 5.41) is 16.2. The zero-order valence-corrected chi connectivity index (χ0v) is 21.7. The normalized spacial score (nSPS) is 12.9. The molecule has 2 heteroatoms. The van der Waals surface area contributed by atoms with Crippen molar-refractivity contribution in [2.24, 2.45) is 0 Å². The molecule has 2 N–H and O–H groups in total. The summed E-state index contributed by atoms with van der Waals surface area (Å²) < 4.78 is 0. The first-order chi connectivity index (χ1) is 17.4. The third kappa shape index (κ3) is 5.29. The van der Waals surface area contributed by atoms with Crippen molar-refractivity contribution in [3.63, 3.8) is 0 Å². The van der Waals surface area contributed by atoms with Crippen LogP contribution in [0.5, 0.6) is 0 Å². The molecular formula is C34H37NO. The molecule has 4 aromatic carbocycles. The Bertz CT molecular complexity index is 1190. The van der Waals surface area contributed by atoms with E-state index in [0.29, 0.717) is 11.8 Å². The standard InChI is InChI=1S/C34H37NO/c1-25(2)30-21-14-22-31(26(3)4)33(30)35-24-23-32(27-15-8-5-9-16-27)34(36,28-17-10-6-11-18-28)29-19-12-7-13-20-29/h5-26,32,35-36H,1-4H3/b24-23-/t32-/m1/s1. The first-order valence-corrected chi connectivity index (χ1v) is 12.9. The lowest BCUT2D eigenvalue weighted by Crippen LogP contribution is -2.34. The molecule has 0 saturated heterocycles. The average Bonchev–Trinajstić information content (AvgIpc) is 2.92. The summed E-state index contributed by atoms with van der Waals surface area (Å²) in [6.07, 6.45) is 4.12. The predicted octanol–water partition coefficient (Wildman–Crippen LogP) is 8.58. The molecule has 0 unspecified atom stereocenters. The van der Waals surface area contributed by atoms with Crippen molar-refractivity contribution in [1.29, 1.82) is 0 Å². The predicted molar refractivity (Wildman–Crippen MR) is 152 cm³/mol. The van der Waals surface area contributed by atoms with Gasteiger partial charge in [-0.2, -0.15) is 0 Å². The van der Waals surface area contributed by atoms with E-state index in [1.165, 1.54) is 11.1 Å². The molecule has 0 aliphatic heterocycles. The van der Waals surface area contributed by atoms with Crippen molar-refractivity contribution >= 4 is 5.69 Å². The summed E-state index contributed by atoms with van der Waals surface area (Å²) in [6, 6.07) is 36.8. The number of para-hydroxylation sites is 1. The third-order valence-corrected chi connectivity index (χ3v) is 6.93. The Kier molecular flexibility index (Phi) is 8.07. The van der Waals surface area contributed by atoms with Gasteiger partial charge in [0.05, 0.1) is 0 Å². The van der Waals surface area contributed by atoms with E-state index in [9.17, 15) is 5.11 Å². The smallest absolute Gasteiger partial charge is 0.125 e. The highest BCUT2D eigenvalue weighted by atomic mass is 16.3. The Labute approximate surface area is 216 Å². The van der Waals surface area contributed by atoms with Crippen LogP contribution in [0.25, 0.3) is 0 Å². The minimum atomic E-state index is -1.25. The van der Waals surface area contributed by atoms with E-state index in [4.69, 9.17) is 0 Å². The minimum Gasteiger partial charge on any atom is -0.379 e. The van der Waals surface area contributed by atoms with Crippen LogP contribution in [0.2, 0.25) is 0 Å². The van der Waals surface area contributed by atoms with E-state index in [1.807, 2.05) is 85.1 Å². The van der Waals surface area contributed by atoms with Crippen molar-refractivity contribution in [2.45, 2.75) is 51.0 Å². The lowest BCUT2D eigenvalue weighted by Gasteiger charge is -2.36. The molecule has 0 fully saturated rings. The molecule has 0 spiro atoms. The van der Waals surface area contributed by atoms with E-state index in [-0.39, 0.29) is 5.92 Å². The van der Waals surface area contributed by atoms with Gasteiger partial charge in [-0.1, -0.05) is 143 Å². The lowest BCUT2D eigenvalue weighted by molar-refractivity contribution is 0.0649. The van der Waals surface area contributed by atoms with Gasteiger partial charge in [-0.05, 0) is 45.9 Å². The number of aliphatic hydroxyl groups is 1. The van der Waals surface area contributed by atoms with Crippen LogP contribution in [0.3, 0.4) is 0 Å². The topological polar surface area (TPSA) is 32.3 Å².